The van der Waals surface area contributed by atoms with Crippen molar-refractivity contribution in [3.8, 4) is 0 Å². The molecule has 1 aromatic carbocycles. The molecule has 1 aliphatic heterocycles. The minimum Gasteiger partial charge on any atom is -0.347 e. The average Bonchev–Trinajstić information content (AvgIpc) is 2.61. The summed E-state index contributed by atoms with van der Waals surface area (Å²) in [6, 6.07) is 9.72. The van der Waals surface area contributed by atoms with Gasteiger partial charge in [0.25, 0.3) is 5.91 Å². The molecule has 1 saturated heterocycles. The van der Waals surface area contributed by atoms with Crippen LogP contribution in [0.1, 0.15) is 41.4 Å². The third kappa shape index (κ3) is 3.91. The number of nitrogens with zero attached hydrogens (tertiary/aromatic N) is 3. The number of benzene rings is 1. The second-order valence-electron chi connectivity index (χ2n) is 6.54. The lowest BCUT2D eigenvalue weighted by molar-refractivity contribution is 0.0945. The molecule has 1 aromatic heterocycles. The van der Waals surface area contributed by atoms with Crippen LogP contribution < -0.4 is 10.2 Å². The predicted molar refractivity (Wildman–Crippen MR) is 95.0 cm³/mol. The number of rotatable bonds is 4. The molecular formula is C19H24N4O. The smallest absolute Gasteiger partial charge is 0.270 e. The van der Waals surface area contributed by atoms with Crippen molar-refractivity contribution in [2.24, 2.45) is 5.92 Å². The second kappa shape index (κ2) is 7.43. The molecule has 1 fully saturated rings. The Labute approximate surface area is 143 Å². The van der Waals surface area contributed by atoms with Gasteiger partial charge in [-0.2, -0.15) is 0 Å². The molecule has 1 amide bonds. The minimum atomic E-state index is -0.160. The first-order valence-electron chi connectivity index (χ1n) is 8.54. The molecule has 0 spiro atoms. The monoisotopic (exact) mass is 324 g/mol. The van der Waals surface area contributed by atoms with Crippen LogP contribution in [0.3, 0.4) is 0 Å². The Hall–Kier alpha value is -2.43. The fourth-order valence-electron chi connectivity index (χ4n) is 3.07. The molecule has 24 heavy (non-hydrogen) atoms. The van der Waals surface area contributed by atoms with E-state index in [1.807, 2.05) is 31.2 Å². The zero-order valence-electron chi connectivity index (χ0n) is 14.3. The van der Waals surface area contributed by atoms with E-state index in [4.69, 9.17) is 0 Å². The van der Waals surface area contributed by atoms with E-state index in [1.165, 1.54) is 12.0 Å². The van der Waals surface area contributed by atoms with Crippen LogP contribution in [-0.2, 0) is 6.54 Å². The lowest BCUT2D eigenvalue weighted by Gasteiger charge is -2.30. The summed E-state index contributed by atoms with van der Waals surface area (Å²) in [4.78, 5) is 23.4. The Morgan fingerprint density at radius 3 is 2.96 bits per heavy atom. The number of hydrogen-bond donors (Lipinski definition) is 1. The van der Waals surface area contributed by atoms with Gasteiger partial charge in [-0.1, -0.05) is 31.2 Å². The highest BCUT2D eigenvalue weighted by Crippen LogP contribution is 2.19. The van der Waals surface area contributed by atoms with Gasteiger partial charge in [0.15, 0.2) is 0 Å². The summed E-state index contributed by atoms with van der Waals surface area (Å²) >= 11 is 0. The number of hydrogen-bond acceptors (Lipinski definition) is 4. The van der Waals surface area contributed by atoms with Crippen LogP contribution in [0.15, 0.2) is 36.5 Å². The van der Waals surface area contributed by atoms with Gasteiger partial charge in [0, 0.05) is 25.8 Å². The van der Waals surface area contributed by atoms with Gasteiger partial charge in [0.2, 0.25) is 5.95 Å². The van der Waals surface area contributed by atoms with Crippen LogP contribution in [0.25, 0.3) is 0 Å². The van der Waals surface area contributed by atoms with E-state index in [2.05, 4.69) is 27.1 Å². The fourth-order valence-corrected chi connectivity index (χ4v) is 3.07. The Kier molecular flexibility index (Phi) is 5.08. The maximum Gasteiger partial charge on any atom is 0.270 e. The van der Waals surface area contributed by atoms with E-state index in [-0.39, 0.29) is 5.91 Å². The van der Waals surface area contributed by atoms with E-state index >= 15 is 0 Å². The Balaban J connectivity index is 1.67. The third-order valence-electron chi connectivity index (χ3n) is 4.52. The summed E-state index contributed by atoms with van der Waals surface area (Å²) in [7, 11) is 0. The highest BCUT2D eigenvalue weighted by atomic mass is 16.1. The first-order chi connectivity index (χ1) is 11.6. The molecule has 0 bridgehead atoms. The third-order valence-corrected chi connectivity index (χ3v) is 4.52. The van der Waals surface area contributed by atoms with Crippen LogP contribution in [0, 0.1) is 12.8 Å². The summed E-state index contributed by atoms with van der Waals surface area (Å²) in [5.74, 6) is 1.14. The molecule has 2 heterocycles. The van der Waals surface area contributed by atoms with Crippen LogP contribution in [0.2, 0.25) is 0 Å². The van der Waals surface area contributed by atoms with Crippen molar-refractivity contribution < 1.29 is 4.79 Å². The topological polar surface area (TPSA) is 58.1 Å². The largest absolute Gasteiger partial charge is 0.347 e. The molecule has 0 aliphatic carbocycles. The van der Waals surface area contributed by atoms with E-state index in [9.17, 15) is 4.79 Å². The number of aromatic nitrogens is 2. The SMILES string of the molecule is Cc1ccccc1CNC(=O)c1ccnc(N2CCCC(C)C2)n1. The maximum atomic E-state index is 12.4. The molecule has 1 atom stereocenters. The molecule has 1 N–H and O–H groups in total. The highest BCUT2D eigenvalue weighted by Gasteiger charge is 2.19. The maximum absolute atomic E-state index is 12.4. The van der Waals surface area contributed by atoms with Crippen LogP contribution in [0.5, 0.6) is 0 Å². The fraction of sp³-hybridized carbons (Fsp3) is 0.421. The highest BCUT2D eigenvalue weighted by molar-refractivity contribution is 5.92. The standard InChI is InChI=1S/C19H24N4O/c1-14-6-5-11-23(13-14)19-20-10-9-17(22-19)18(24)21-12-16-8-4-3-7-15(16)2/h3-4,7-10,14H,5-6,11-13H2,1-2H3,(H,21,24). The molecule has 3 rings (SSSR count). The Morgan fingerprint density at radius 1 is 1.33 bits per heavy atom. The van der Waals surface area contributed by atoms with Crippen molar-refractivity contribution in [3.05, 3.63) is 53.3 Å². The molecule has 5 nitrogen and oxygen atoms in total. The lowest BCUT2D eigenvalue weighted by Crippen LogP contribution is -2.36. The van der Waals surface area contributed by atoms with E-state index in [0.29, 0.717) is 24.1 Å². The van der Waals surface area contributed by atoms with Gasteiger partial charge in [0.05, 0.1) is 0 Å². The Bertz CT molecular complexity index is 716. The summed E-state index contributed by atoms with van der Waals surface area (Å²) in [5, 5.41) is 2.95. The Morgan fingerprint density at radius 2 is 2.17 bits per heavy atom. The molecule has 0 radical (unpaired) electrons. The van der Waals surface area contributed by atoms with Crippen molar-refractivity contribution in [3.63, 3.8) is 0 Å². The molecule has 1 aliphatic rings. The quantitative estimate of drug-likeness (QED) is 0.939. The van der Waals surface area contributed by atoms with Gasteiger partial charge in [-0.15, -0.1) is 0 Å². The van der Waals surface area contributed by atoms with Crippen molar-refractivity contribution >= 4 is 11.9 Å². The zero-order valence-corrected chi connectivity index (χ0v) is 14.3. The van der Waals surface area contributed by atoms with E-state index in [0.717, 1.165) is 25.1 Å². The van der Waals surface area contributed by atoms with Crippen molar-refractivity contribution in [1.82, 2.24) is 15.3 Å². The van der Waals surface area contributed by atoms with E-state index < -0.39 is 0 Å². The summed E-state index contributed by atoms with van der Waals surface area (Å²) in [6.07, 6.45) is 4.06. The van der Waals surface area contributed by atoms with Gasteiger partial charge in [0.1, 0.15) is 5.69 Å². The lowest BCUT2D eigenvalue weighted by atomic mass is 10.0. The zero-order chi connectivity index (χ0) is 16.9. The first kappa shape index (κ1) is 16.4. The molecular weight excluding hydrogens is 300 g/mol. The van der Waals surface area contributed by atoms with E-state index in [1.54, 1.807) is 12.3 Å². The molecule has 126 valence electrons. The predicted octanol–water partition coefficient (Wildman–Crippen LogP) is 2.95. The summed E-state index contributed by atoms with van der Waals surface area (Å²) < 4.78 is 0. The number of nitrogens with one attached hydrogen (secondary N) is 1. The van der Waals surface area contributed by atoms with Crippen molar-refractivity contribution in [1.29, 1.82) is 0 Å². The number of carbonyl (C=O) groups is 1. The van der Waals surface area contributed by atoms with Crippen LogP contribution >= 0.6 is 0 Å². The normalized spacial score (nSPS) is 17.6. The molecule has 2 aromatic rings. The number of carbonyl (C=O) groups excluding carboxylic acids is 1. The van der Waals surface area contributed by atoms with Crippen molar-refractivity contribution in [2.45, 2.75) is 33.2 Å². The molecule has 1 unspecified atom stereocenters. The summed E-state index contributed by atoms with van der Waals surface area (Å²) in [5.41, 5.74) is 2.71. The van der Waals surface area contributed by atoms with Gasteiger partial charge in [-0.25, -0.2) is 9.97 Å². The van der Waals surface area contributed by atoms with Crippen LogP contribution in [-0.4, -0.2) is 29.0 Å². The first-order valence-corrected chi connectivity index (χ1v) is 8.54. The number of amides is 1. The van der Waals surface area contributed by atoms with Gasteiger partial charge in [-0.3, -0.25) is 4.79 Å². The minimum absolute atomic E-state index is 0.160. The number of anilines is 1. The van der Waals surface area contributed by atoms with Crippen LogP contribution in [0.4, 0.5) is 5.95 Å². The molecule has 5 heteroatoms. The van der Waals surface area contributed by atoms with Gasteiger partial charge >= 0.3 is 0 Å². The van der Waals surface area contributed by atoms with Crippen molar-refractivity contribution in [2.75, 3.05) is 18.0 Å². The number of aryl methyl sites for hydroxylation is 1. The molecule has 0 saturated carbocycles. The second-order valence-corrected chi connectivity index (χ2v) is 6.54. The number of piperidine rings is 1. The van der Waals surface area contributed by atoms with Gasteiger partial charge < -0.3 is 10.2 Å². The van der Waals surface area contributed by atoms with Gasteiger partial charge in [-0.05, 0) is 42.9 Å². The summed E-state index contributed by atoms with van der Waals surface area (Å²) in [6.45, 7) is 6.70. The average molecular weight is 324 g/mol.